The fourth-order valence-corrected chi connectivity index (χ4v) is 0.516. The Morgan fingerprint density at radius 3 is 0.640 bits per heavy atom. The van der Waals surface area contributed by atoms with Gasteiger partial charge in [0.25, 0.3) is 0 Å². The van der Waals surface area contributed by atoms with E-state index >= 15 is 0 Å². The molecule has 17 heteroatoms. The first-order valence-corrected chi connectivity index (χ1v) is 4.49. The summed E-state index contributed by atoms with van der Waals surface area (Å²) in [6.45, 7) is 0. The van der Waals surface area contributed by atoms with E-state index in [0.717, 1.165) is 0 Å². The van der Waals surface area contributed by atoms with Gasteiger partial charge < -0.3 is 76.5 Å². The maximum absolute atomic E-state index is 9.63. The van der Waals surface area contributed by atoms with Crippen LogP contribution in [0.25, 0.3) is 0 Å². The standard InChI is InChI=1S/2C4H6O6.K.3H2O.Sb/c2*5-1(3(7)8)2(6)4(9)10;;;;;/h2*1-2,5-6H,(H,7,8)(H,9,10);;3*1H2;/q;;+1;;;;+3/p-4. The molecule has 4 unspecified atom stereocenters. The molecule has 0 aromatic carbocycles. The Hall–Kier alpha value is 0.0545. The van der Waals surface area contributed by atoms with Crippen molar-refractivity contribution in [3.63, 3.8) is 0 Å². The Bertz CT molecular complexity index is 318. The maximum atomic E-state index is 9.63. The number of rotatable bonds is 6. The molecule has 0 spiro atoms. The molecule has 142 valence electrons. The van der Waals surface area contributed by atoms with Crippen LogP contribution in [0.15, 0.2) is 0 Å². The zero-order chi connectivity index (χ0) is 16.6. The number of carbonyl (C=O) groups excluding carboxylic acids is 4. The SMILES string of the molecule is O.O.O.O=C([O-])C(O)C(O)C(=O)[O-].O=C([O-])C(O)C(O)C(=O)[O-].[K+].[Sb+3]. The van der Waals surface area contributed by atoms with Crippen molar-refractivity contribution >= 4 is 48.3 Å². The van der Waals surface area contributed by atoms with Crippen LogP contribution in [0, 0.1) is 0 Å². The molecule has 2 radical (unpaired) electrons. The van der Waals surface area contributed by atoms with E-state index in [4.69, 9.17) is 20.4 Å². The van der Waals surface area contributed by atoms with E-state index < -0.39 is 48.3 Å². The molecular formula is C8H14KO15Sb. The van der Waals surface area contributed by atoms with Gasteiger partial charge in [0.15, 0.2) is 0 Å². The predicted molar refractivity (Wildman–Crippen MR) is 60.7 cm³/mol. The molecule has 15 nitrogen and oxygen atoms in total. The van der Waals surface area contributed by atoms with E-state index in [9.17, 15) is 39.6 Å². The first kappa shape index (κ1) is 44.5. The third-order valence-electron chi connectivity index (χ3n) is 1.56. The van der Waals surface area contributed by atoms with Crippen LogP contribution >= 0.6 is 0 Å². The number of carboxylic acid groups (broad SMARTS) is 4. The van der Waals surface area contributed by atoms with Crippen LogP contribution in [0.5, 0.6) is 0 Å². The van der Waals surface area contributed by atoms with Crippen molar-refractivity contribution in [2.24, 2.45) is 0 Å². The summed E-state index contributed by atoms with van der Waals surface area (Å²) in [5, 5.41) is 71.5. The first-order valence-electron chi connectivity index (χ1n) is 4.49. The topological polar surface area (TPSA) is 336 Å². The Balaban J connectivity index is -0.0000000432. The largest absolute Gasteiger partial charge is 3.00 e. The normalized spacial score (nSPS) is 12.6. The van der Waals surface area contributed by atoms with Crippen LogP contribution in [0.3, 0.4) is 0 Å². The second-order valence-corrected chi connectivity index (χ2v) is 3.06. The molecule has 0 aromatic rings. The molecule has 0 aromatic heterocycles. The fourth-order valence-electron chi connectivity index (χ4n) is 0.516. The van der Waals surface area contributed by atoms with Gasteiger partial charge in [-0.2, -0.15) is 0 Å². The Morgan fingerprint density at radius 1 is 0.520 bits per heavy atom. The summed E-state index contributed by atoms with van der Waals surface area (Å²) in [5.41, 5.74) is 0. The van der Waals surface area contributed by atoms with Gasteiger partial charge in [-0.25, -0.2) is 0 Å². The van der Waals surface area contributed by atoms with Crippen molar-refractivity contribution in [3.8, 4) is 0 Å². The van der Waals surface area contributed by atoms with Crippen LogP contribution in [0.1, 0.15) is 0 Å². The number of aliphatic hydroxyl groups excluding tert-OH is 4. The van der Waals surface area contributed by atoms with Crippen molar-refractivity contribution in [1.29, 1.82) is 0 Å². The third kappa shape index (κ3) is 20.2. The summed E-state index contributed by atoms with van der Waals surface area (Å²) in [5.74, 6) is -8.23. The van der Waals surface area contributed by atoms with Crippen molar-refractivity contribution in [1.82, 2.24) is 0 Å². The number of aliphatic hydroxyl groups is 4. The molecule has 0 bridgehead atoms. The summed E-state index contributed by atoms with van der Waals surface area (Å²) in [6.07, 6.45) is -9.76. The van der Waals surface area contributed by atoms with Gasteiger partial charge in [0, 0.05) is 0 Å². The van der Waals surface area contributed by atoms with Crippen LogP contribution in [-0.2, 0) is 19.2 Å². The molecule has 4 atom stereocenters. The molecule has 0 amide bonds. The minimum atomic E-state index is -2.44. The van der Waals surface area contributed by atoms with Gasteiger partial charge in [0.05, 0.1) is 23.9 Å². The van der Waals surface area contributed by atoms with Gasteiger partial charge in [0.2, 0.25) is 0 Å². The number of aliphatic carboxylic acids is 4. The smallest absolute Gasteiger partial charge is 0.547 e. The molecule has 0 aliphatic rings. The molecule has 0 aliphatic heterocycles. The number of hydrogen-bond donors (Lipinski definition) is 4. The molecule has 0 aliphatic carbocycles. The van der Waals surface area contributed by atoms with Gasteiger partial charge in [-0.15, -0.1) is 0 Å². The zero-order valence-corrected chi connectivity index (χ0v) is 18.0. The molecule has 0 heterocycles. The fraction of sp³-hybridized carbons (Fsp3) is 0.500. The second-order valence-electron chi connectivity index (χ2n) is 3.06. The van der Waals surface area contributed by atoms with Gasteiger partial charge in [-0.3, -0.25) is 0 Å². The van der Waals surface area contributed by atoms with Crippen LogP contribution in [0.2, 0.25) is 0 Å². The van der Waals surface area contributed by atoms with Crippen molar-refractivity contribution in [2.45, 2.75) is 24.4 Å². The molecule has 0 fully saturated rings. The van der Waals surface area contributed by atoms with Gasteiger partial charge >= 0.3 is 75.8 Å². The average molecular weight is 511 g/mol. The van der Waals surface area contributed by atoms with Crippen LogP contribution in [-0.4, -0.2) is 110 Å². The monoisotopic (exact) mass is 510 g/mol. The van der Waals surface area contributed by atoms with E-state index in [-0.39, 0.29) is 92.2 Å². The second kappa shape index (κ2) is 22.1. The predicted octanol–water partition coefficient (Wildman–Crippen LogP) is -15.4. The summed E-state index contributed by atoms with van der Waals surface area (Å²) >= 11 is 0. The van der Waals surface area contributed by atoms with E-state index in [1.165, 1.54) is 0 Å². The Kier molecular flexibility index (Phi) is 39.3. The van der Waals surface area contributed by atoms with Crippen molar-refractivity contribution in [2.75, 3.05) is 0 Å². The quantitative estimate of drug-likeness (QED) is 0.242. The molecule has 0 rings (SSSR count). The number of hydrogen-bond acceptors (Lipinski definition) is 12. The minimum Gasteiger partial charge on any atom is -0.547 e. The third-order valence-corrected chi connectivity index (χ3v) is 1.56. The molecular weight excluding hydrogens is 497 g/mol. The zero-order valence-electron chi connectivity index (χ0n) is 12.3. The summed E-state index contributed by atoms with van der Waals surface area (Å²) < 4.78 is 0. The van der Waals surface area contributed by atoms with E-state index in [1.807, 2.05) is 0 Å². The molecule has 10 N–H and O–H groups in total. The van der Waals surface area contributed by atoms with E-state index in [0.29, 0.717) is 0 Å². The van der Waals surface area contributed by atoms with Crippen LogP contribution < -0.4 is 71.8 Å². The summed E-state index contributed by atoms with van der Waals surface area (Å²) in [7, 11) is 0. The average Bonchev–Trinajstić information content (AvgIpc) is 2.35. The van der Waals surface area contributed by atoms with E-state index in [2.05, 4.69) is 0 Å². The molecule has 25 heavy (non-hydrogen) atoms. The minimum absolute atomic E-state index is 0. The number of carbonyl (C=O) groups is 4. The summed E-state index contributed by atoms with van der Waals surface area (Å²) in [4.78, 5) is 38.5. The van der Waals surface area contributed by atoms with Crippen LogP contribution in [0.4, 0.5) is 0 Å². The summed E-state index contributed by atoms with van der Waals surface area (Å²) in [6, 6.07) is 0. The maximum Gasteiger partial charge on any atom is 3.00 e. The van der Waals surface area contributed by atoms with Gasteiger partial charge in [-0.1, -0.05) is 0 Å². The molecule has 0 saturated carbocycles. The van der Waals surface area contributed by atoms with E-state index in [1.54, 1.807) is 0 Å². The first-order chi connectivity index (χ1) is 8.93. The van der Waals surface area contributed by atoms with Crippen molar-refractivity contribution in [3.05, 3.63) is 0 Å². The van der Waals surface area contributed by atoms with Crippen molar-refractivity contribution < 1.29 is 128 Å². The molecule has 0 saturated heterocycles. The Morgan fingerprint density at radius 2 is 0.600 bits per heavy atom. The van der Waals surface area contributed by atoms with Gasteiger partial charge in [0.1, 0.15) is 24.4 Å². The van der Waals surface area contributed by atoms with Gasteiger partial charge in [-0.05, 0) is 0 Å². The Labute approximate surface area is 198 Å². The number of carboxylic acids is 4.